The number of nitrogens with one attached hydrogen (secondary N) is 1. The number of carboxylic acids is 1. The van der Waals surface area contributed by atoms with Crippen molar-refractivity contribution in [1.82, 2.24) is 10.2 Å². The van der Waals surface area contributed by atoms with E-state index in [-0.39, 0.29) is 19.1 Å². The minimum absolute atomic E-state index is 0.0458. The van der Waals surface area contributed by atoms with Gasteiger partial charge in [0.05, 0.1) is 12.2 Å². The number of carbonyl (C=O) groups excluding carboxylic acids is 1. The molecule has 2 amide bonds. The number of aliphatic hydroxyl groups excluding tert-OH is 1. The number of amides is 2. The van der Waals surface area contributed by atoms with Gasteiger partial charge in [0.1, 0.15) is 6.04 Å². The van der Waals surface area contributed by atoms with Gasteiger partial charge in [-0.1, -0.05) is 0 Å². The lowest BCUT2D eigenvalue weighted by Gasteiger charge is -2.22. The van der Waals surface area contributed by atoms with Crippen molar-refractivity contribution in [3.8, 4) is 0 Å². The summed E-state index contributed by atoms with van der Waals surface area (Å²) in [5, 5.41) is 20.9. The van der Waals surface area contributed by atoms with Gasteiger partial charge in [0.25, 0.3) is 0 Å². The quantitative estimate of drug-likeness (QED) is 0.606. The molecule has 1 aliphatic heterocycles. The normalized spacial score (nSPS) is 25.7. The van der Waals surface area contributed by atoms with Gasteiger partial charge < -0.3 is 25.2 Å². The Kier molecular flexibility index (Phi) is 4.71. The summed E-state index contributed by atoms with van der Waals surface area (Å²) in [5.74, 6) is -1.10. The number of aliphatic hydroxyl groups is 1. The fourth-order valence-electron chi connectivity index (χ4n) is 1.69. The van der Waals surface area contributed by atoms with Crippen LogP contribution in [0.5, 0.6) is 0 Å². The Morgan fingerprint density at radius 3 is 2.76 bits per heavy atom. The van der Waals surface area contributed by atoms with Gasteiger partial charge >= 0.3 is 12.0 Å². The Bertz CT molecular complexity index is 296. The molecule has 1 saturated heterocycles. The number of hydrogen-bond donors (Lipinski definition) is 3. The van der Waals surface area contributed by atoms with Crippen molar-refractivity contribution in [2.24, 2.45) is 0 Å². The molecular formula is C10H18N2O5. The molecular weight excluding hydrogens is 228 g/mol. The van der Waals surface area contributed by atoms with Crippen LogP contribution in [0.1, 0.15) is 13.3 Å². The average molecular weight is 246 g/mol. The molecule has 0 saturated carbocycles. The number of urea groups is 1. The van der Waals surface area contributed by atoms with Crippen molar-refractivity contribution in [1.29, 1.82) is 0 Å². The van der Waals surface area contributed by atoms with E-state index < -0.39 is 24.1 Å². The lowest BCUT2D eigenvalue weighted by Crippen LogP contribution is -2.47. The Morgan fingerprint density at radius 1 is 1.59 bits per heavy atom. The lowest BCUT2D eigenvalue weighted by atomic mass is 10.2. The van der Waals surface area contributed by atoms with Crippen LogP contribution in [-0.2, 0) is 9.53 Å². The van der Waals surface area contributed by atoms with E-state index in [1.807, 2.05) is 0 Å². The van der Waals surface area contributed by atoms with Crippen LogP contribution in [0.15, 0.2) is 0 Å². The molecule has 1 heterocycles. The van der Waals surface area contributed by atoms with E-state index in [1.54, 1.807) is 6.92 Å². The highest BCUT2D eigenvalue weighted by Crippen LogP contribution is 2.17. The van der Waals surface area contributed by atoms with Crippen LogP contribution in [0.3, 0.4) is 0 Å². The number of carbonyl (C=O) groups is 2. The van der Waals surface area contributed by atoms with Crippen molar-refractivity contribution in [2.75, 3.05) is 20.2 Å². The van der Waals surface area contributed by atoms with E-state index in [0.29, 0.717) is 6.54 Å². The van der Waals surface area contributed by atoms with Gasteiger partial charge in [0, 0.05) is 26.6 Å². The Labute approximate surface area is 99.4 Å². The Hall–Kier alpha value is -1.34. The number of carboxylic acid groups (broad SMARTS) is 1. The molecule has 0 spiro atoms. The largest absolute Gasteiger partial charge is 0.480 e. The summed E-state index contributed by atoms with van der Waals surface area (Å²) in [6.07, 6.45) is -0.848. The maximum atomic E-state index is 11.7. The minimum Gasteiger partial charge on any atom is -0.480 e. The molecule has 7 heteroatoms. The molecule has 0 radical (unpaired) electrons. The third kappa shape index (κ3) is 3.57. The van der Waals surface area contributed by atoms with Crippen molar-refractivity contribution < 1.29 is 24.5 Å². The molecule has 0 bridgehead atoms. The average Bonchev–Trinajstić information content (AvgIpc) is 2.67. The predicted molar refractivity (Wildman–Crippen MR) is 58.6 cm³/mol. The highest BCUT2D eigenvalue weighted by atomic mass is 16.5. The van der Waals surface area contributed by atoms with Gasteiger partial charge in [-0.25, -0.2) is 9.59 Å². The molecule has 3 N–H and O–H groups in total. The second kappa shape index (κ2) is 5.83. The Morgan fingerprint density at radius 2 is 2.24 bits per heavy atom. The second-order valence-electron chi connectivity index (χ2n) is 4.13. The number of methoxy groups -OCH3 is 1. The second-order valence-corrected chi connectivity index (χ2v) is 4.13. The summed E-state index contributed by atoms with van der Waals surface area (Å²) in [6.45, 7) is 2.13. The smallest absolute Gasteiger partial charge is 0.326 e. The van der Waals surface area contributed by atoms with Crippen LogP contribution in [0.25, 0.3) is 0 Å². The maximum Gasteiger partial charge on any atom is 0.326 e. The summed E-state index contributed by atoms with van der Waals surface area (Å²) in [6, 6.07) is -1.44. The molecule has 0 aromatic carbocycles. The fraction of sp³-hybridized carbons (Fsp3) is 0.800. The third-order valence-electron chi connectivity index (χ3n) is 2.77. The van der Waals surface area contributed by atoms with Crippen LogP contribution >= 0.6 is 0 Å². The van der Waals surface area contributed by atoms with Crippen LogP contribution < -0.4 is 5.32 Å². The van der Waals surface area contributed by atoms with Gasteiger partial charge in [-0.15, -0.1) is 0 Å². The minimum atomic E-state index is -1.10. The Balaban J connectivity index is 2.52. The zero-order valence-electron chi connectivity index (χ0n) is 9.92. The summed E-state index contributed by atoms with van der Waals surface area (Å²) in [5.41, 5.74) is 0. The number of rotatable bonds is 4. The van der Waals surface area contributed by atoms with Crippen molar-refractivity contribution >= 4 is 12.0 Å². The first-order chi connectivity index (χ1) is 7.95. The lowest BCUT2D eigenvalue weighted by molar-refractivity contribution is -0.141. The van der Waals surface area contributed by atoms with Crippen LogP contribution in [0, 0.1) is 0 Å². The van der Waals surface area contributed by atoms with Gasteiger partial charge in [0.2, 0.25) is 0 Å². The SMILES string of the molecule is COC(C)CNC(=O)N1C[C@H](O)C[C@@H]1C(=O)O. The standard InChI is InChI=1S/C10H18N2O5/c1-6(17-2)4-11-10(16)12-5-7(13)3-8(12)9(14)15/h6-8,13H,3-5H2,1-2H3,(H,11,16)(H,14,15)/t6?,7-,8-/m1/s1. The van der Waals surface area contributed by atoms with Crippen molar-refractivity contribution in [2.45, 2.75) is 31.6 Å². The number of nitrogens with zero attached hydrogens (tertiary/aromatic N) is 1. The molecule has 0 aliphatic carbocycles. The van der Waals surface area contributed by atoms with E-state index in [0.717, 1.165) is 4.90 Å². The number of hydrogen-bond acceptors (Lipinski definition) is 4. The molecule has 1 rings (SSSR count). The fourth-order valence-corrected chi connectivity index (χ4v) is 1.69. The zero-order valence-corrected chi connectivity index (χ0v) is 9.92. The molecule has 0 aromatic heterocycles. The molecule has 7 nitrogen and oxygen atoms in total. The maximum absolute atomic E-state index is 11.7. The van der Waals surface area contributed by atoms with Crippen LogP contribution in [-0.4, -0.2) is 65.6 Å². The van der Waals surface area contributed by atoms with Gasteiger partial charge in [-0.05, 0) is 6.92 Å². The number of ether oxygens (including phenoxy) is 1. The summed E-state index contributed by atoms with van der Waals surface area (Å²) < 4.78 is 4.96. The summed E-state index contributed by atoms with van der Waals surface area (Å²) in [7, 11) is 1.52. The number of aliphatic carboxylic acids is 1. The summed E-state index contributed by atoms with van der Waals surface area (Å²) >= 11 is 0. The molecule has 0 aromatic rings. The van der Waals surface area contributed by atoms with E-state index in [9.17, 15) is 14.7 Å². The van der Waals surface area contributed by atoms with Gasteiger partial charge in [-0.3, -0.25) is 0 Å². The number of β-amino-alcohol motifs (C(OH)–C–C–N with tert-alkyl or cyclic N) is 1. The molecule has 3 atom stereocenters. The van der Waals surface area contributed by atoms with E-state index >= 15 is 0 Å². The first kappa shape index (κ1) is 13.7. The van der Waals surface area contributed by atoms with E-state index in [2.05, 4.69) is 5.32 Å². The highest BCUT2D eigenvalue weighted by Gasteiger charge is 2.38. The molecule has 1 unspecified atom stereocenters. The third-order valence-corrected chi connectivity index (χ3v) is 2.77. The predicted octanol–water partition coefficient (Wildman–Crippen LogP) is -0.749. The molecule has 1 aliphatic rings. The van der Waals surface area contributed by atoms with Gasteiger partial charge in [-0.2, -0.15) is 0 Å². The summed E-state index contributed by atoms with van der Waals surface area (Å²) in [4.78, 5) is 23.7. The zero-order chi connectivity index (χ0) is 13.0. The molecule has 1 fully saturated rings. The van der Waals surface area contributed by atoms with E-state index in [4.69, 9.17) is 9.84 Å². The molecule has 17 heavy (non-hydrogen) atoms. The highest BCUT2D eigenvalue weighted by molar-refractivity contribution is 5.83. The first-order valence-electron chi connectivity index (χ1n) is 5.43. The van der Waals surface area contributed by atoms with Crippen LogP contribution in [0.2, 0.25) is 0 Å². The van der Waals surface area contributed by atoms with Gasteiger partial charge in [0.15, 0.2) is 0 Å². The topological polar surface area (TPSA) is 99.1 Å². The van der Waals surface area contributed by atoms with Crippen LogP contribution in [0.4, 0.5) is 4.79 Å². The van der Waals surface area contributed by atoms with Crippen molar-refractivity contribution in [3.63, 3.8) is 0 Å². The monoisotopic (exact) mass is 246 g/mol. The molecule has 98 valence electrons. The number of likely N-dealkylation sites (tertiary alicyclic amines) is 1. The van der Waals surface area contributed by atoms with E-state index in [1.165, 1.54) is 7.11 Å². The first-order valence-corrected chi connectivity index (χ1v) is 5.43. The van der Waals surface area contributed by atoms with Crippen molar-refractivity contribution in [3.05, 3.63) is 0 Å².